The van der Waals surface area contributed by atoms with Gasteiger partial charge in [-0.1, -0.05) is 6.07 Å². The third kappa shape index (κ3) is 3.47. The highest BCUT2D eigenvalue weighted by atomic mass is 19.1. The average molecular weight is 335 g/mol. The van der Waals surface area contributed by atoms with Gasteiger partial charge >= 0.3 is 0 Å². The van der Waals surface area contributed by atoms with E-state index >= 15 is 0 Å². The number of likely N-dealkylation sites (tertiary alicyclic amines) is 1. The van der Waals surface area contributed by atoms with E-state index in [4.69, 9.17) is 9.47 Å². The number of piperidine rings is 1. The summed E-state index contributed by atoms with van der Waals surface area (Å²) in [7, 11) is 1.71. The summed E-state index contributed by atoms with van der Waals surface area (Å²) in [6, 6.07) is 4.61. The monoisotopic (exact) mass is 335 g/mol. The summed E-state index contributed by atoms with van der Waals surface area (Å²) < 4.78 is 24.7. The van der Waals surface area contributed by atoms with Gasteiger partial charge in [0.1, 0.15) is 5.82 Å². The summed E-state index contributed by atoms with van der Waals surface area (Å²) >= 11 is 0. The lowest BCUT2D eigenvalue weighted by Crippen LogP contribution is -2.58. The number of nitrogens with zero attached hydrogens (tertiary/aromatic N) is 1. The lowest BCUT2D eigenvalue weighted by Gasteiger charge is -2.50. The zero-order valence-electron chi connectivity index (χ0n) is 14.5. The number of carbonyl (C=O) groups is 1. The number of carbonyl (C=O) groups excluding carboxylic acids is 1. The molecule has 1 amide bonds. The van der Waals surface area contributed by atoms with E-state index < -0.39 is 0 Å². The van der Waals surface area contributed by atoms with Crippen molar-refractivity contribution in [3.05, 3.63) is 35.1 Å². The van der Waals surface area contributed by atoms with Gasteiger partial charge in [-0.3, -0.25) is 4.79 Å². The van der Waals surface area contributed by atoms with E-state index in [1.54, 1.807) is 13.2 Å². The van der Waals surface area contributed by atoms with Gasteiger partial charge in [0.2, 0.25) is 5.91 Å². The van der Waals surface area contributed by atoms with Gasteiger partial charge in [-0.25, -0.2) is 4.39 Å². The van der Waals surface area contributed by atoms with Crippen LogP contribution in [0.25, 0.3) is 0 Å². The first kappa shape index (κ1) is 17.4. The standard InChI is InChI=1S/C19H26FNO3/c1-14-10-16(20)5-4-15(14)11-18(22)21-8-6-17-19(12-21,13-23-2)7-3-9-24-17/h4-5,10,17H,3,6-9,11-13H2,1-2H3/t17-,19-/m1/s1. The summed E-state index contributed by atoms with van der Waals surface area (Å²) in [6.07, 6.45) is 3.41. The molecule has 2 heterocycles. The molecule has 0 aromatic heterocycles. The second-order valence-corrected chi connectivity index (χ2v) is 7.11. The highest BCUT2D eigenvalue weighted by molar-refractivity contribution is 5.79. The average Bonchev–Trinajstić information content (AvgIpc) is 2.57. The summed E-state index contributed by atoms with van der Waals surface area (Å²) in [6.45, 7) is 4.68. The van der Waals surface area contributed by atoms with Crippen LogP contribution in [-0.4, -0.2) is 50.3 Å². The molecule has 24 heavy (non-hydrogen) atoms. The molecule has 0 bridgehead atoms. The van der Waals surface area contributed by atoms with Crippen molar-refractivity contribution in [3.63, 3.8) is 0 Å². The Hall–Kier alpha value is -1.46. The molecule has 1 aromatic carbocycles. The molecule has 1 aromatic rings. The number of fused-ring (bicyclic) bond motifs is 1. The van der Waals surface area contributed by atoms with Crippen LogP contribution in [0.1, 0.15) is 30.4 Å². The van der Waals surface area contributed by atoms with Crippen LogP contribution in [0, 0.1) is 18.2 Å². The van der Waals surface area contributed by atoms with Crippen molar-refractivity contribution in [2.24, 2.45) is 5.41 Å². The van der Waals surface area contributed by atoms with Crippen LogP contribution < -0.4 is 0 Å². The summed E-state index contributed by atoms with van der Waals surface area (Å²) in [5.41, 5.74) is 1.63. The molecule has 2 atom stereocenters. The number of benzene rings is 1. The predicted octanol–water partition coefficient (Wildman–Crippen LogP) is 2.72. The number of amides is 1. The topological polar surface area (TPSA) is 38.8 Å². The molecular formula is C19H26FNO3. The molecule has 0 saturated carbocycles. The molecule has 2 fully saturated rings. The van der Waals surface area contributed by atoms with Crippen LogP contribution in [0.2, 0.25) is 0 Å². The predicted molar refractivity (Wildman–Crippen MR) is 89.3 cm³/mol. The van der Waals surface area contributed by atoms with E-state index in [-0.39, 0.29) is 23.2 Å². The lowest BCUT2D eigenvalue weighted by molar-refractivity contribution is -0.161. The van der Waals surface area contributed by atoms with Gasteiger partial charge in [-0.15, -0.1) is 0 Å². The molecule has 0 N–H and O–H groups in total. The van der Waals surface area contributed by atoms with E-state index in [9.17, 15) is 9.18 Å². The quantitative estimate of drug-likeness (QED) is 0.849. The van der Waals surface area contributed by atoms with Crippen LogP contribution in [-0.2, 0) is 20.7 Å². The number of rotatable bonds is 4. The SMILES string of the molecule is COC[C@]12CCCO[C@@H]1CCN(C(=O)Cc1ccc(F)cc1C)C2. The minimum atomic E-state index is -0.261. The van der Waals surface area contributed by atoms with Crippen molar-refractivity contribution in [1.82, 2.24) is 4.90 Å². The van der Waals surface area contributed by atoms with Crippen molar-refractivity contribution in [2.75, 3.05) is 33.4 Å². The largest absolute Gasteiger partial charge is 0.384 e. The first-order valence-corrected chi connectivity index (χ1v) is 8.67. The molecule has 3 rings (SSSR count). The van der Waals surface area contributed by atoms with Gasteiger partial charge < -0.3 is 14.4 Å². The smallest absolute Gasteiger partial charge is 0.227 e. The molecule has 0 aliphatic carbocycles. The van der Waals surface area contributed by atoms with Crippen molar-refractivity contribution in [2.45, 2.75) is 38.7 Å². The van der Waals surface area contributed by atoms with Crippen LogP contribution in [0.4, 0.5) is 4.39 Å². The lowest BCUT2D eigenvalue weighted by atomic mass is 9.73. The molecule has 2 saturated heterocycles. The number of hydrogen-bond donors (Lipinski definition) is 0. The molecule has 0 radical (unpaired) electrons. The minimum Gasteiger partial charge on any atom is -0.384 e. The summed E-state index contributed by atoms with van der Waals surface area (Å²) in [5, 5.41) is 0. The Morgan fingerprint density at radius 1 is 1.50 bits per heavy atom. The number of methoxy groups -OCH3 is 1. The molecule has 4 nitrogen and oxygen atoms in total. The molecule has 0 spiro atoms. The number of ether oxygens (including phenoxy) is 2. The maximum Gasteiger partial charge on any atom is 0.227 e. The second kappa shape index (κ2) is 7.19. The van der Waals surface area contributed by atoms with Gasteiger partial charge in [0.25, 0.3) is 0 Å². The Kier molecular flexibility index (Phi) is 5.21. The van der Waals surface area contributed by atoms with Crippen molar-refractivity contribution >= 4 is 5.91 Å². The van der Waals surface area contributed by atoms with E-state index in [2.05, 4.69) is 0 Å². The van der Waals surface area contributed by atoms with Gasteiger partial charge in [0.15, 0.2) is 0 Å². The van der Waals surface area contributed by atoms with Crippen LogP contribution in [0.3, 0.4) is 0 Å². The van der Waals surface area contributed by atoms with E-state index in [0.717, 1.165) is 43.5 Å². The van der Waals surface area contributed by atoms with Crippen LogP contribution >= 0.6 is 0 Å². The van der Waals surface area contributed by atoms with E-state index in [0.29, 0.717) is 19.6 Å². The maximum absolute atomic E-state index is 13.2. The first-order chi connectivity index (χ1) is 11.5. The van der Waals surface area contributed by atoms with Crippen LogP contribution in [0.15, 0.2) is 18.2 Å². The third-order valence-corrected chi connectivity index (χ3v) is 5.42. The summed E-state index contributed by atoms with van der Waals surface area (Å²) in [4.78, 5) is 14.7. The zero-order valence-corrected chi connectivity index (χ0v) is 14.5. The fourth-order valence-electron chi connectivity index (χ4n) is 4.13. The van der Waals surface area contributed by atoms with Gasteiger partial charge in [-0.2, -0.15) is 0 Å². The summed E-state index contributed by atoms with van der Waals surface area (Å²) in [5.74, 6) is -0.160. The minimum absolute atomic E-state index is 0.0846. The van der Waals surface area contributed by atoms with Gasteiger partial charge in [0.05, 0.1) is 19.1 Å². The highest BCUT2D eigenvalue weighted by Crippen LogP contribution is 2.40. The molecular weight excluding hydrogens is 309 g/mol. The molecule has 0 unspecified atom stereocenters. The molecule has 5 heteroatoms. The Balaban J connectivity index is 1.71. The number of halogens is 1. The van der Waals surface area contributed by atoms with Crippen molar-refractivity contribution in [1.29, 1.82) is 0 Å². The Morgan fingerprint density at radius 3 is 3.08 bits per heavy atom. The first-order valence-electron chi connectivity index (χ1n) is 8.67. The maximum atomic E-state index is 13.2. The van der Waals surface area contributed by atoms with E-state index in [1.165, 1.54) is 12.1 Å². The fourth-order valence-corrected chi connectivity index (χ4v) is 4.13. The normalized spacial score (nSPS) is 27.0. The molecule has 132 valence electrons. The second-order valence-electron chi connectivity index (χ2n) is 7.11. The highest BCUT2D eigenvalue weighted by Gasteiger charge is 2.46. The Labute approximate surface area is 142 Å². The van der Waals surface area contributed by atoms with Gasteiger partial charge in [0, 0.05) is 32.2 Å². The van der Waals surface area contributed by atoms with E-state index in [1.807, 2.05) is 11.8 Å². The van der Waals surface area contributed by atoms with Crippen molar-refractivity contribution < 1.29 is 18.7 Å². The fraction of sp³-hybridized carbons (Fsp3) is 0.632. The van der Waals surface area contributed by atoms with Crippen LogP contribution in [0.5, 0.6) is 0 Å². The number of hydrogen-bond acceptors (Lipinski definition) is 3. The Morgan fingerprint density at radius 2 is 2.33 bits per heavy atom. The van der Waals surface area contributed by atoms with Gasteiger partial charge in [-0.05, 0) is 49.4 Å². The molecule has 2 aliphatic heterocycles. The Bertz CT molecular complexity index is 602. The van der Waals surface area contributed by atoms with Crippen molar-refractivity contribution in [3.8, 4) is 0 Å². The third-order valence-electron chi connectivity index (χ3n) is 5.42. The molecule has 2 aliphatic rings. The number of aryl methyl sites for hydroxylation is 1. The zero-order chi connectivity index (χ0) is 17.2.